The second-order valence-corrected chi connectivity index (χ2v) is 7.01. The van der Waals surface area contributed by atoms with E-state index in [2.05, 4.69) is 27.2 Å². The van der Waals surface area contributed by atoms with E-state index in [9.17, 15) is 8.42 Å². The molecule has 1 N–H and O–H groups in total. The van der Waals surface area contributed by atoms with Crippen LogP contribution in [0, 0.1) is 0 Å². The molecule has 106 valence electrons. The third-order valence-corrected chi connectivity index (χ3v) is 4.76. The Kier molecular flexibility index (Phi) is 6.49. The van der Waals surface area contributed by atoms with Crippen LogP contribution in [0.25, 0.3) is 0 Å². The highest BCUT2D eigenvalue weighted by molar-refractivity contribution is 9.10. The van der Waals surface area contributed by atoms with Crippen LogP contribution >= 0.6 is 27.5 Å². The molecular weight excluding hydrogens is 354 g/mol. The van der Waals surface area contributed by atoms with Gasteiger partial charge in [-0.05, 0) is 41.1 Å². The summed E-state index contributed by atoms with van der Waals surface area (Å²) in [4.78, 5) is 0.156. The molecule has 0 saturated heterocycles. The van der Waals surface area contributed by atoms with E-state index in [1.807, 2.05) is 6.92 Å². The Morgan fingerprint density at radius 3 is 2.79 bits per heavy atom. The monoisotopic (exact) mass is 367 g/mol. The normalized spacial score (nSPS) is 11.5. The van der Waals surface area contributed by atoms with E-state index in [-0.39, 0.29) is 11.4 Å². The van der Waals surface area contributed by atoms with Gasteiger partial charge >= 0.3 is 0 Å². The first-order chi connectivity index (χ1) is 8.83. The van der Waals surface area contributed by atoms with Gasteiger partial charge in [0.15, 0.2) is 0 Å². The van der Waals surface area contributed by atoms with Gasteiger partial charge < -0.3 is 4.74 Å². The number of nitrogens with one attached hydrogen (secondary N) is 1. The third-order valence-electron chi connectivity index (χ3n) is 2.09. The minimum absolute atomic E-state index is 0.156. The first kappa shape index (κ1) is 16.7. The summed E-state index contributed by atoms with van der Waals surface area (Å²) in [6, 6.07) is 4.43. The fraction of sp³-hybridized carbons (Fsp3) is 0.333. The molecule has 4 nitrogen and oxygen atoms in total. The zero-order valence-corrected chi connectivity index (χ0v) is 13.6. The number of ether oxygens (including phenoxy) is 1. The van der Waals surface area contributed by atoms with Crippen LogP contribution in [0.4, 0.5) is 0 Å². The summed E-state index contributed by atoms with van der Waals surface area (Å²) in [5.74, 6) is 0. The predicted octanol–water partition coefficient (Wildman–Crippen LogP) is 2.97. The second kappa shape index (κ2) is 7.40. The molecule has 0 saturated carbocycles. The number of sulfonamides is 1. The van der Waals surface area contributed by atoms with Gasteiger partial charge in [0.25, 0.3) is 0 Å². The fourth-order valence-electron chi connectivity index (χ4n) is 1.22. The Labute approximate surface area is 127 Å². The Morgan fingerprint density at radius 1 is 1.53 bits per heavy atom. The molecule has 1 rings (SSSR count). The van der Waals surface area contributed by atoms with E-state index < -0.39 is 10.0 Å². The van der Waals surface area contributed by atoms with Gasteiger partial charge in [0, 0.05) is 11.0 Å². The molecule has 0 atom stereocenters. The molecule has 0 radical (unpaired) electrons. The average Bonchev–Trinajstić information content (AvgIpc) is 2.31. The van der Waals surface area contributed by atoms with Crippen LogP contribution in [0.15, 0.2) is 39.7 Å². The van der Waals surface area contributed by atoms with E-state index in [0.29, 0.717) is 22.7 Å². The molecule has 0 amide bonds. The SMILES string of the molecule is C=C(C)COCCNS(=O)(=O)c1ccc(Cl)c(Br)c1. The van der Waals surface area contributed by atoms with E-state index in [4.69, 9.17) is 16.3 Å². The zero-order chi connectivity index (χ0) is 14.5. The summed E-state index contributed by atoms with van der Waals surface area (Å²) >= 11 is 9.00. The van der Waals surface area contributed by atoms with E-state index in [0.717, 1.165) is 5.57 Å². The first-order valence-electron chi connectivity index (χ1n) is 5.50. The quantitative estimate of drug-likeness (QED) is 0.594. The minimum Gasteiger partial charge on any atom is -0.376 e. The van der Waals surface area contributed by atoms with Gasteiger partial charge in [0.1, 0.15) is 0 Å². The Morgan fingerprint density at radius 2 is 2.21 bits per heavy atom. The van der Waals surface area contributed by atoms with Crippen LogP contribution < -0.4 is 4.72 Å². The lowest BCUT2D eigenvalue weighted by Gasteiger charge is -2.08. The molecule has 7 heteroatoms. The molecular formula is C12H15BrClNO3S. The molecule has 1 aromatic rings. The van der Waals surface area contributed by atoms with E-state index >= 15 is 0 Å². The van der Waals surface area contributed by atoms with E-state index in [1.54, 1.807) is 0 Å². The van der Waals surface area contributed by atoms with Crippen LogP contribution in [-0.4, -0.2) is 28.2 Å². The van der Waals surface area contributed by atoms with Crippen LogP contribution in [0.1, 0.15) is 6.92 Å². The third kappa shape index (κ3) is 5.62. The van der Waals surface area contributed by atoms with Crippen molar-refractivity contribution in [3.63, 3.8) is 0 Å². The highest BCUT2D eigenvalue weighted by Crippen LogP contribution is 2.25. The van der Waals surface area contributed by atoms with Crippen LogP contribution in [0.3, 0.4) is 0 Å². The van der Waals surface area contributed by atoms with Crippen molar-refractivity contribution in [1.82, 2.24) is 4.72 Å². The van der Waals surface area contributed by atoms with Crippen LogP contribution in [-0.2, 0) is 14.8 Å². The zero-order valence-electron chi connectivity index (χ0n) is 10.4. The first-order valence-corrected chi connectivity index (χ1v) is 8.15. The molecule has 0 aromatic heterocycles. The predicted molar refractivity (Wildman–Crippen MR) is 80.0 cm³/mol. The number of hydrogen-bond acceptors (Lipinski definition) is 3. The van der Waals surface area contributed by atoms with Crippen molar-refractivity contribution < 1.29 is 13.2 Å². The molecule has 0 fully saturated rings. The van der Waals surface area contributed by atoms with Crippen molar-refractivity contribution in [1.29, 1.82) is 0 Å². The maximum Gasteiger partial charge on any atom is 0.240 e. The van der Waals surface area contributed by atoms with Gasteiger partial charge in [0.2, 0.25) is 10.0 Å². The minimum atomic E-state index is -3.54. The van der Waals surface area contributed by atoms with Crippen molar-refractivity contribution in [2.75, 3.05) is 19.8 Å². The molecule has 0 aliphatic rings. The lowest BCUT2D eigenvalue weighted by Crippen LogP contribution is -2.27. The van der Waals surface area contributed by atoms with Crippen molar-refractivity contribution in [2.45, 2.75) is 11.8 Å². The number of halogens is 2. The summed E-state index contributed by atoms with van der Waals surface area (Å²) in [6.45, 7) is 6.45. The van der Waals surface area contributed by atoms with Crippen molar-refractivity contribution in [2.24, 2.45) is 0 Å². The van der Waals surface area contributed by atoms with Crippen LogP contribution in [0.5, 0.6) is 0 Å². The largest absolute Gasteiger partial charge is 0.376 e. The molecule has 0 bridgehead atoms. The lowest BCUT2D eigenvalue weighted by atomic mass is 10.4. The Bertz CT molecular complexity index is 560. The smallest absolute Gasteiger partial charge is 0.240 e. The number of benzene rings is 1. The van der Waals surface area contributed by atoms with Crippen molar-refractivity contribution >= 4 is 37.6 Å². The fourth-order valence-corrected chi connectivity index (χ4v) is 2.91. The molecule has 0 aliphatic carbocycles. The highest BCUT2D eigenvalue weighted by Gasteiger charge is 2.14. The number of rotatable bonds is 7. The highest BCUT2D eigenvalue weighted by atomic mass is 79.9. The Balaban J connectivity index is 2.56. The molecule has 0 unspecified atom stereocenters. The topological polar surface area (TPSA) is 55.4 Å². The summed E-state index contributed by atoms with van der Waals surface area (Å²) in [6.07, 6.45) is 0. The molecule has 19 heavy (non-hydrogen) atoms. The lowest BCUT2D eigenvalue weighted by molar-refractivity contribution is 0.162. The van der Waals surface area contributed by atoms with Gasteiger partial charge in [-0.2, -0.15) is 0 Å². The maximum absolute atomic E-state index is 11.9. The molecule has 0 aliphatic heterocycles. The van der Waals surface area contributed by atoms with Gasteiger partial charge in [-0.3, -0.25) is 0 Å². The van der Waals surface area contributed by atoms with Gasteiger partial charge in [0.05, 0.1) is 23.1 Å². The summed E-state index contributed by atoms with van der Waals surface area (Å²) in [5.41, 5.74) is 0.893. The maximum atomic E-state index is 11.9. The van der Waals surface area contributed by atoms with Crippen molar-refractivity contribution in [3.8, 4) is 0 Å². The summed E-state index contributed by atoms with van der Waals surface area (Å²) < 4.78 is 32.1. The van der Waals surface area contributed by atoms with Gasteiger partial charge in [-0.25, -0.2) is 13.1 Å². The van der Waals surface area contributed by atoms with Gasteiger partial charge in [-0.15, -0.1) is 0 Å². The Hall–Kier alpha value is -0.400. The molecule has 0 spiro atoms. The number of hydrogen-bond donors (Lipinski definition) is 1. The van der Waals surface area contributed by atoms with Gasteiger partial charge in [-0.1, -0.05) is 23.8 Å². The van der Waals surface area contributed by atoms with Crippen molar-refractivity contribution in [3.05, 3.63) is 39.8 Å². The molecule has 0 heterocycles. The molecule has 1 aromatic carbocycles. The average molecular weight is 369 g/mol. The summed E-state index contributed by atoms with van der Waals surface area (Å²) in [5, 5.41) is 0.462. The standard InChI is InChI=1S/C12H15BrClNO3S/c1-9(2)8-18-6-5-15-19(16,17)10-3-4-12(14)11(13)7-10/h3-4,7,15H,1,5-6,8H2,2H3. The van der Waals surface area contributed by atoms with Crippen LogP contribution in [0.2, 0.25) is 5.02 Å². The van der Waals surface area contributed by atoms with E-state index in [1.165, 1.54) is 18.2 Å². The second-order valence-electron chi connectivity index (χ2n) is 3.98. The summed E-state index contributed by atoms with van der Waals surface area (Å²) in [7, 11) is -3.54.